The predicted octanol–water partition coefficient (Wildman–Crippen LogP) is 2.77. The van der Waals surface area contributed by atoms with Crippen LogP contribution in [0.2, 0.25) is 0 Å². The molecule has 0 unspecified atom stereocenters. The van der Waals surface area contributed by atoms with Crippen LogP contribution in [0.5, 0.6) is 5.75 Å². The van der Waals surface area contributed by atoms with Crippen molar-refractivity contribution in [3.05, 3.63) is 36.0 Å². The van der Waals surface area contributed by atoms with Crippen molar-refractivity contribution in [3.63, 3.8) is 0 Å². The maximum atomic E-state index is 8.98. The van der Waals surface area contributed by atoms with Gasteiger partial charge in [-0.25, -0.2) is 9.97 Å². The van der Waals surface area contributed by atoms with Gasteiger partial charge in [0, 0.05) is 17.5 Å². The van der Waals surface area contributed by atoms with E-state index >= 15 is 0 Å². The molecule has 0 aliphatic carbocycles. The predicted molar refractivity (Wildman–Crippen MR) is 85.0 cm³/mol. The lowest BCUT2D eigenvalue weighted by atomic mass is 10.1. The number of ether oxygens (including phenoxy) is 1. The van der Waals surface area contributed by atoms with Crippen LogP contribution in [0.1, 0.15) is 0 Å². The largest absolute Gasteiger partial charge is 0.497 e. The fourth-order valence-corrected chi connectivity index (χ4v) is 3.08. The van der Waals surface area contributed by atoms with Crippen LogP contribution in [-0.4, -0.2) is 35.3 Å². The van der Waals surface area contributed by atoms with Crippen LogP contribution in [0.3, 0.4) is 0 Å². The smallest absolute Gasteiger partial charge is 0.138 e. The van der Waals surface area contributed by atoms with Crippen molar-refractivity contribution < 1.29 is 9.84 Å². The zero-order valence-electron chi connectivity index (χ0n) is 11.5. The van der Waals surface area contributed by atoms with Gasteiger partial charge in [-0.15, -0.1) is 11.3 Å². The topological polar surface area (TPSA) is 67.3 Å². The molecule has 3 rings (SSSR count). The van der Waals surface area contributed by atoms with E-state index in [4.69, 9.17) is 9.84 Å². The molecule has 21 heavy (non-hydrogen) atoms. The summed E-state index contributed by atoms with van der Waals surface area (Å²) in [7, 11) is 1.65. The van der Waals surface area contributed by atoms with Crippen LogP contribution >= 0.6 is 11.3 Å². The quantitative estimate of drug-likeness (QED) is 0.758. The molecule has 0 saturated carbocycles. The molecule has 2 heterocycles. The second-order valence-corrected chi connectivity index (χ2v) is 5.29. The molecule has 2 aromatic heterocycles. The number of methoxy groups -OCH3 is 1. The number of aromatic nitrogens is 2. The molecule has 0 aliphatic rings. The molecule has 5 nitrogen and oxygen atoms in total. The first kappa shape index (κ1) is 13.8. The molecule has 108 valence electrons. The zero-order valence-corrected chi connectivity index (χ0v) is 12.4. The number of hydrogen-bond acceptors (Lipinski definition) is 6. The highest BCUT2D eigenvalue weighted by atomic mass is 32.1. The van der Waals surface area contributed by atoms with Gasteiger partial charge in [-0.3, -0.25) is 0 Å². The first-order chi connectivity index (χ1) is 10.3. The summed E-state index contributed by atoms with van der Waals surface area (Å²) in [6, 6.07) is 7.90. The normalized spacial score (nSPS) is 10.8. The number of nitrogens with one attached hydrogen (secondary N) is 1. The van der Waals surface area contributed by atoms with Gasteiger partial charge in [-0.2, -0.15) is 0 Å². The van der Waals surface area contributed by atoms with Crippen LogP contribution in [0.4, 0.5) is 5.82 Å². The van der Waals surface area contributed by atoms with Crippen LogP contribution < -0.4 is 10.1 Å². The third kappa shape index (κ3) is 2.68. The second kappa shape index (κ2) is 6.07. The molecule has 0 aliphatic heterocycles. The Morgan fingerprint density at radius 3 is 2.76 bits per heavy atom. The molecular formula is C15H15N3O2S. The van der Waals surface area contributed by atoms with Gasteiger partial charge in [0.1, 0.15) is 22.7 Å². The molecule has 3 aromatic rings. The zero-order chi connectivity index (χ0) is 14.7. The summed E-state index contributed by atoms with van der Waals surface area (Å²) in [5.74, 6) is 1.58. The highest BCUT2D eigenvalue weighted by molar-refractivity contribution is 7.17. The van der Waals surface area contributed by atoms with E-state index < -0.39 is 0 Å². The van der Waals surface area contributed by atoms with Gasteiger partial charge in [0.15, 0.2) is 0 Å². The van der Waals surface area contributed by atoms with Gasteiger partial charge in [0.05, 0.1) is 19.1 Å². The van der Waals surface area contributed by atoms with Crippen molar-refractivity contribution in [2.75, 3.05) is 25.6 Å². The van der Waals surface area contributed by atoms with Crippen LogP contribution in [-0.2, 0) is 0 Å². The number of nitrogens with zero attached hydrogens (tertiary/aromatic N) is 2. The molecule has 0 fully saturated rings. The van der Waals surface area contributed by atoms with E-state index in [9.17, 15) is 0 Å². The molecule has 0 bridgehead atoms. The summed E-state index contributed by atoms with van der Waals surface area (Å²) in [6.45, 7) is 0.525. The number of rotatable bonds is 5. The number of hydrogen-bond donors (Lipinski definition) is 2. The summed E-state index contributed by atoms with van der Waals surface area (Å²) < 4.78 is 5.19. The number of benzene rings is 1. The maximum Gasteiger partial charge on any atom is 0.138 e. The third-order valence-electron chi connectivity index (χ3n) is 3.18. The van der Waals surface area contributed by atoms with E-state index in [1.807, 2.05) is 24.3 Å². The Balaban J connectivity index is 2.08. The molecular weight excluding hydrogens is 286 g/mol. The number of fused-ring (bicyclic) bond motifs is 1. The number of aliphatic hydroxyl groups is 1. The number of aliphatic hydroxyl groups excluding tert-OH is 1. The van der Waals surface area contributed by atoms with Gasteiger partial charge in [0.2, 0.25) is 0 Å². The van der Waals surface area contributed by atoms with E-state index in [2.05, 4.69) is 20.7 Å². The minimum atomic E-state index is 0.0630. The molecule has 0 radical (unpaired) electrons. The van der Waals surface area contributed by atoms with Crippen LogP contribution in [0.15, 0.2) is 36.0 Å². The molecule has 1 aromatic carbocycles. The Morgan fingerprint density at radius 1 is 1.24 bits per heavy atom. The Morgan fingerprint density at radius 2 is 2.05 bits per heavy atom. The summed E-state index contributed by atoms with van der Waals surface area (Å²) in [6.07, 6.45) is 1.54. The minimum absolute atomic E-state index is 0.0630. The molecule has 0 saturated heterocycles. The molecule has 2 N–H and O–H groups in total. The standard InChI is InChI=1S/C15H15N3O2S/c1-20-11-4-2-10(3-5-11)12-8-21-15-13(12)14(16-6-7-19)17-9-18-15/h2-5,8-9,19H,6-7H2,1H3,(H,16,17,18). The van der Waals surface area contributed by atoms with Gasteiger partial charge in [0.25, 0.3) is 0 Å². The lowest BCUT2D eigenvalue weighted by Crippen LogP contribution is -2.07. The third-order valence-corrected chi connectivity index (χ3v) is 4.06. The Hall–Kier alpha value is -2.18. The average molecular weight is 301 g/mol. The molecule has 6 heteroatoms. The fraction of sp³-hybridized carbons (Fsp3) is 0.200. The monoisotopic (exact) mass is 301 g/mol. The summed E-state index contributed by atoms with van der Waals surface area (Å²) >= 11 is 1.58. The fourth-order valence-electron chi connectivity index (χ4n) is 2.17. The van der Waals surface area contributed by atoms with E-state index in [0.29, 0.717) is 6.54 Å². The van der Waals surface area contributed by atoms with Gasteiger partial charge >= 0.3 is 0 Å². The Bertz CT molecular complexity index is 740. The highest BCUT2D eigenvalue weighted by Crippen LogP contribution is 2.36. The van der Waals surface area contributed by atoms with E-state index in [1.165, 1.54) is 6.33 Å². The van der Waals surface area contributed by atoms with Crippen molar-refractivity contribution in [1.29, 1.82) is 0 Å². The molecule has 0 amide bonds. The van der Waals surface area contributed by atoms with E-state index in [1.54, 1.807) is 18.4 Å². The highest BCUT2D eigenvalue weighted by Gasteiger charge is 2.12. The van der Waals surface area contributed by atoms with Gasteiger partial charge < -0.3 is 15.2 Å². The first-order valence-electron chi connectivity index (χ1n) is 6.55. The van der Waals surface area contributed by atoms with Crippen LogP contribution in [0.25, 0.3) is 21.3 Å². The van der Waals surface area contributed by atoms with Crippen molar-refractivity contribution in [2.24, 2.45) is 0 Å². The molecule has 0 atom stereocenters. The number of thiophene rings is 1. The summed E-state index contributed by atoms with van der Waals surface area (Å²) in [4.78, 5) is 9.52. The summed E-state index contributed by atoms with van der Waals surface area (Å²) in [5.41, 5.74) is 2.17. The van der Waals surface area contributed by atoms with Crippen molar-refractivity contribution in [2.45, 2.75) is 0 Å². The minimum Gasteiger partial charge on any atom is -0.497 e. The Labute approximate surface area is 126 Å². The van der Waals surface area contributed by atoms with E-state index in [0.717, 1.165) is 32.9 Å². The lowest BCUT2D eigenvalue weighted by molar-refractivity contribution is 0.311. The van der Waals surface area contributed by atoms with Crippen LogP contribution in [0, 0.1) is 0 Å². The average Bonchev–Trinajstić information content (AvgIpc) is 2.97. The Kier molecular flexibility index (Phi) is 3.98. The molecule has 0 spiro atoms. The first-order valence-corrected chi connectivity index (χ1v) is 7.43. The SMILES string of the molecule is COc1ccc(-c2csc3ncnc(NCCO)c23)cc1. The summed E-state index contributed by atoms with van der Waals surface area (Å²) in [5, 5.41) is 15.2. The van der Waals surface area contributed by atoms with Crippen molar-refractivity contribution >= 4 is 27.4 Å². The van der Waals surface area contributed by atoms with Gasteiger partial charge in [-0.05, 0) is 17.7 Å². The number of anilines is 1. The second-order valence-electron chi connectivity index (χ2n) is 4.43. The van der Waals surface area contributed by atoms with Gasteiger partial charge in [-0.1, -0.05) is 12.1 Å². The van der Waals surface area contributed by atoms with Crippen molar-refractivity contribution in [3.8, 4) is 16.9 Å². The lowest BCUT2D eigenvalue weighted by Gasteiger charge is -2.07. The van der Waals surface area contributed by atoms with E-state index in [-0.39, 0.29) is 6.61 Å². The maximum absolute atomic E-state index is 8.98. The van der Waals surface area contributed by atoms with Crippen molar-refractivity contribution in [1.82, 2.24) is 9.97 Å².